The molecule has 0 saturated carbocycles. The molecular formula is C23H20Cl3N3O3S. The van der Waals surface area contributed by atoms with Crippen LogP contribution >= 0.6 is 34.8 Å². The van der Waals surface area contributed by atoms with E-state index in [1.165, 1.54) is 24.4 Å². The van der Waals surface area contributed by atoms with E-state index in [0.717, 1.165) is 9.87 Å². The van der Waals surface area contributed by atoms with Gasteiger partial charge in [-0.05, 0) is 55.8 Å². The molecule has 3 aromatic carbocycles. The van der Waals surface area contributed by atoms with E-state index in [9.17, 15) is 13.2 Å². The van der Waals surface area contributed by atoms with E-state index in [-0.39, 0.29) is 4.90 Å². The van der Waals surface area contributed by atoms with Gasteiger partial charge in [-0.25, -0.2) is 13.8 Å². The van der Waals surface area contributed by atoms with Gasteiger partial charge in [-0.15, -0.1) is 0 Å². The summed E-state index contributed by atoms with van der Waals surface area (Å²) in [5.41, 5.74) is 4.72. The molecule has 0 bridgehead atoms. The monoisotopic (exact) mass is 523 g/mol. The third-order valence-corrected chi connectivity index (χ3v) is 7.26. The zero-order chi connectivity index (χ0) is 24.2. The Kier molecular flexibility index (Phi) is 8.02. The van der Waals surface area contributed by atoms with Crippen molar-refractivity contribution in [1.82, 2.24) is 5.43 Å². The van der Waals surface area contributed by atoms with Crippen molar-refractivity contribution in [2.45, 2.75) is 18.7 Å². The molecule has 0 aliphatic rings. The summed E-state index contributed by atoms with van der Waals surface area (Å²) in [5, 5.41) is 5.06. The van der Waals surface area contributed by atoms with Crippen LogP contribution in [0.5, 0.6) is 0 Å². The highest BCUT2D eigenvalue weighted by atomic mass is 35.5. The lowest BCUT2D eigenvalue weighted by atomic mass is 10.2. The lowest BCUT2D eigenvalue weighted by molar-refractivity contribution is -0.119. The molecule has 0 saturated heterocycles. The molecule has 1 amide bonds. The molecule has 0 spiro atoms. The largest absolute Gasteiger partial charge is 0.271 e. The second kappa shape index (κ2) is 10.6. The van der Waals surface area contributed by atoms with Crippen LogP contribution in [0.2, 0.25) is 15.1 Å². The molecular weight excluding hydrogens is 505 g/mol. The lowest BCUT2D eigenvalue weighted by Gasteiger charge is -2.25. The first-order valence-electron chi connectivity index (χ1n) is 9.70. The number of amides is 1. The summed E-state index contributed by atoms with van der Waals surface area (Å²) in [5.74, 6) is -0.647. The second-order valence-electron chi connectivity index (χ2n) is 7.21. The van der Waals surface area contributed by atoms with Gasteiger partial charge >= 0.3 is 0 Å². The maximum absolute atomic E-state index is 13.4. The van der Waals surface area contributed by atoms with Gasteiger partial charge in [0.1, 0.15) is 6.54 Å². The highest BCUT2D eigenvalue weighted by Gasteiger charge is 2.28. The molecule has 0 aliphatic heterocycles. The van der Waals surface area contributed by atoms with E-state index in [4.69, 9.17) is 34.8 Å². The molecule has 0 radical (unpaired) electrons. The Hall–Kier alpha value is -2.58. The third kappa shape index (κ3) is 6.26. The maximum Gasteiger partial charge on any atom is 0.264 e. The summed E-state index contributed by atoms with van der Waals surface area (Å²) in [6, 6.07) is 16.0. The minimum Gasteiger partial charge on any atom is -0.271 e. The number of halogens is 3. The number of hydrogen-bond acceptors (Lipinski definition) is 4. The summed E-state index contributed by atoms with van der Waals surface area (Å²) in [6.45, 7) is 3.08. The fourth-order valence-electron chi connectivity index (χ4n) is 2.93. The van der Waals surface area contributed by atoms with E-state index < -0.39 is 22.5 Å². The van der Waals surface area contributed by atoms with E-state index in [2.05, 4.69) is 10.5 Å². The molecule has 10 heteroatoms. The van der Waals surface area contributed by atoms with Gasteiger partial charge in [-0.1, -0.05) is 64.6 Å². The van der Waals surface area contributed by atoms with Gasteiger partial charge in [-0.2, -0.15) is 5.10 Å². The van der Waals surface area contributed by atoms with Crippen molar-refractivity contribution in [1.29, 1.82) is 0 Å². The van der Waals surface area contributed by atoms with Crippen LogP contribution in [-0.2, 0) is 14.8 Å². The van der Waals surface area contributed by atoms with Gasteiger partial charge in [0.25, 0.3) is 15.9 Å². The highest BCUT2D eigenvalue weighted by molar-refractivity contribution is 7.92. The Bertz CT molecular complexity index is 1310. The Morgan fingerprint density at radius 3 is 2.27 bits per heavy atom. The summed E-state index contributed by atoms with van der Waals surface area (Å²) >= 11 is 18.1. The second-order valence-corrected chi connectivity index (χ2v) is 10.4. The van der Waals surface area contributed by atoms with Crippen LogP contribution in [0.4, 0.5) is 5.69 Å². The van der Waals surface area contributed by atoms with Gasteiger partial charge in [-0.3, -0.25) is 9.10 Å². The number of carbonyl (C=O) groups excluding carboxylic acids is 1. The first-order chi connectivity index (χ1) is 15.6. The predicted octanol–water partition coefficient (Wildman–Crippen LogP) is 5.61. The van der Waals surface area contributed by atoms with Crippen molar-refractivity contribution >= 4 is 62.6 Å². The standard InChI is InChI=1S/C23H20Cl3N3O3S/c1-15-3-9-20(10-4-15)33(31,32)29(22-12-19(25)7-5-16(22)2)14-23(30)28-27-13-17-6-8-18(24)11-21(17)26/h3-13H,14H2,1-2H3,(H,28,30)/b27-13-. The average molecular weight is 525 g/mol. The first-order valence-corrected chi connectivity index (χ1v) is 12.3. The van der Waals surface area contributed by atoms with Crippen molar-refractivity contribution in [2.75, 3.05) is 10.8 Å². The van der Waals surface area contributed by atoms with Crippen LogP contribution in [0.15, 0.2) is 70.7 Å². The molecule has 0 aromatic heterocycles. The fourth-order valence-corrected chi connectivity index (χ4v) is 5.04. The number of hydrogen-bond donors (Lipinski definition) is 1. The SMILES string of the molecule is Cc1ccc(S(=O)(=O)N(CC(=O)N/N=C\c2ccc(Cl)cc2Cl)c2cc(Cl)ccc2C)cc1. The summed E-state index contributed by atoms with van der Waals surface area (Å²) in [6.07, 6.45) is 1.35. The van der Waals surface area contributed by atoms with Crippen molar-refractivity contribution in [3.63, 3.8) is 0 Å². The zero-order valence-corrected chi connectivity index (χ0v) is 20.8. The van der Waals surface area contributed by atoms with Gasteiger partial charge in [0, 0.05) is 15.6 Å². The van der Waals surface area contributed by atoms with Gasteiger partial charge < -0.3 is 0 Å². The van der Waals surface area contributed by atoms with Crippen LogP contribution in [0.25, 0.3) is 0 Å². The number of nitrogens with zero attached hydrogens (tertiary/aromatic N) is 2. The first kappa shape index (κ1) is 25.1. The summed E-state index contributed by atoms with van der Waals surface area (Å²) in [4.78, 5) is 12.7. The summed E-state index contributed by atoms with van der Waals surface area (Å²) in [7, 11) is -4.07. The van der Waals surface area contributed by atoms with Crippen molar-refractivity contribution in [3.8, 4) is 0 Å². The Balaban J connectivity index is 1.89. The molecule has 0 aliphatic carbocycles. The van der Waals surface area contributed by atoms with Crippen molar-refractivity contribution < 1.29 is 13.2 Å². The van der Waals surface area contributed by atoms with Gasteiger partial charge in [0.05, 0.1) is 21.8 Å². The molecule has 6 nitrogen and oxygen atoms in total. The van der Waals surface area contributed by atoms with Crippen LogP contribution in [0.3, 0.4) is 0 Å². The van der Waals surface area contributed by atoms with Crippen LogP contribution in [0.1, 0.15) is 16.7 Å². The predicted molar refractivity (Wildman–Crippen MR) is 134 cm³/mol. The van der Waals surface area contributed by atoms with Gasteiger partial charge in [0.15, 0.2) is 0 Å². The quantitative estimate of drug-likeness (QED) is 0.322. The van der Waals surface area contributed by atoms with Crippen molar-refractivity contribution in [3.05, 3.63) is 92.4 Å². The molecule has 0 unspecified atom stereocenters. The van der Waals surface area contributed by atoms with Crippen LogP contribution in [0, 0.1) is 13.8 Å². The Morgan fingerprint density at radius 1 is 0.970 bits per heavy atom. The Labute approximate surface area is 207 Å². The number of anilines is 1. The highest BCUT2D eigenvalue weighted by Crippen LogP contribution is 2.29. The average Bonchev–Trinajstić information content (AvgIpc) is 2.75. The molecule has 0 atom stereocenters. The number of nitrogens with one attached hydrogen (secondary N) is 1. The molecule has 3 aromatic rings. The topological polar surface area (TPSA) is 78.8 Å². The smallest absolute Gasteiger partial charge is 0.264 e. The number of rotatable bonds is 7. The molecule has 33 heavy (non-hydrogen) atoms. The minimum absolute atomic E-state index is 0.0525. The van der Waals surface area contributed by atoms with Crippen LogP contribution in [-0.4, -0.2) is 27.1 Å². The fraction of sp³-hybridized carbons (Fsp3) is 0.130. The number of sulfonamides is 1. The molecule has 0 fully saturated rings. The minimum atomic E-state index is -4.07. The number of carbonyl (C=O) groups is 1. The lowest BCUT2D eigenvalue weighted by Crippen LogP contribution is -2.40. The number of hydrazone groups is 1. The number of aryl methyl sites for hydroxylation is 2. The molecule has 3 rings (SSSR count). The van der Waals surface area contributed by atoms with Crippen molar-refractivity contribution in [2.24, 2.45) is 5.10 Å². The maximum atomic E-state index is 13.4. The molecule has 1 N–H and O–H groups in total. The number of benzene rings is 3. The molecule has 0 heterocycles. The van der Waals surface area contributed by atoms with E-state index >= 15 is 0 Å². The molecule has 172 valence electrons. The Morgan fingerprint density at radius 2 is 1.61 bits per heavy atom. The van der Waals surface area contributed by atoms with Gasteiger partial charge in [0.2, 0.25) is 0 Å². The van der Waals surface area contributed by atoms with E-state index in [0.29, 0.717) is 31.9 Å². The normalized spacial score (nSPS) is 11.5. The van der Waals surface area contributed by atoms with Crippen LogP contribution < -0.4 is 9.73 Å². The zero-order valence-electron chi connectivity index (χ0n) is 17.7. The van der Waals surface area contributed by atoms with E-state index in [1.54, 1.807) is 49.4 Å². The third-order valence-electron chi connectivity index (χ3n) is 4.69. The summed E-state index contributed by atoms with van der Waals surface area (Å²) < 4.78 is 27.9. The van der Waals surface area contributed by atoms with E-state index in [1.807, 2.05) is 6.92 Å².